The first-order valence-electron chi connectivity index (χ1n) is 10.6. The molecule has 0 spiro atoms. The van der Waals surface area contributed by atoms with Crippen molar-refractivity contribution in [2.24, 2.45) is 7.05 Å². The number of carbonyl (C=O) groups excluding carboxylic acids is 1. The number of H-pyrrole nitrogens is 1. The van der Waals surface area contributed by atoms with E-state index in [9.17, 15) is 4.79 Å². The lowest BCUT2D eigenvalue weighted by molar-refractivity contribution is -0.128. The van der Waals surface area contributed by atoms with Crippen LogP contribution in [0.2, 0.25) is 0 Å². The van der Waals surface area contributed by atoms with Crippen LogP contribution in [0, 0.1) is 0 Å². The number of hydrogen-bond donors (Lipinski definition) is 1. The summed E-state index contributed by atoms with van der Waals surface area (Å²) in [6, 6.07) is 14.0. The van der Waals surface area contributed by atoms with Crippen LogP contribution in [0.15, 0.2) is 61.1 Å². The van der Waals surface area contributed by atoms with E-state index in [1.165, 1.54) is 10.9 Å². The largest absolute Gasteiger partial charge is 0.454 e. The molecule has 1 N–H and O–H groups in total. The molecule has 4 aromatic rings. The minimum atomic E-state index is -0.249. The highest BCUT2D eigenvalue weighted by Crippen LogP contribution is 2.42. The van der Waals surface area contributed by atoms with Gasteiger partial charge < -0.3 is 23.9 Å². The van der Waals surface area contributed by atoms with Crippen LogP contribution < -0.4 is 9.47 Å². The Morgan fingerprint density at radius 1 is 1.19 bits per heavy atom. The highest BCUT2D eigenvalue weighted by molar-refractivity contribution is 5.93. The van der Waals surface area contributed by atoms with Gasteiger partial charge in [-0.1, -0.05) is 24.3 Å². The van der Waals surface area contributed by atoms with E-state index < -0.39 is 0 Å². The number of nitrogens with zero attached hydrogens (tertiary/aromatic N) is 3. The summed E-state index contributed by atoms with van der Waals surface area (Å²) in [4.78, 5) is 23.1. The van der Waals surface area contributed by atoms with Gasteiger partial charge in [0.25, 0.3) is 0 Å². The molecule has 2 aliphatic heterocycles. The van der Waals surface area contributed by atoms with Crippen LogP contribution in [-0.4, -0.2) is 38.7 Å². The zero-order valence-electron chi connectivity index (χ0n) is 17.6. The lowest BCUT2D eigenvalue weighted by atomic mass is 9.92. The molecule has 160 valence electrons. The quantitative estimate of drug-likeness (QED) is 0.506. The Morgan fingerprint density at radius 2 is 2.06 bits per heavy atom. The maximum atomic E-state index is 13.4. The van der Waals surface area contributed by atoms with Crippen LogP contribution in [0.4, 0.5) is 0 Å². The Bertz CT molecular complexity index is 1370. The number of fused-ring (bicyclic) bond motifs is 4. The summed E-state index contributed by atoms with van der Waals surface area (Å²) in [5.74, 6) is 1.39. The predicted molar refractivity (Wildman–Crippen MR) is 120 cm³/mol. The number of aromatic nitrogens is 3. The second-order valence-corrected chi connectivity index (χ2v) is 8.16. The molecule has 7 nitrogen and oxygen atoms in total. The molecule has 2 aromatic carbocycles. The molecular weight excluding hydrogens is 404 g/mol. The molecule has 0 fully saturated rings. The number of aromatic amines is 1. The number of rotatable bonds is 3. The second-order valence-electron chi connectivity index (χ2n) is 8.16. The number of aryl methyl sites for hydroxylation is 1. The Labute approximate surface area is 184 Å². The van der Waals surface area contributed by atoms with Gasteiger partial charge in [-0.25, -0.2) is 4.98 Å². The molecule has 1 amide bonds. The number of benzene rings is 2. The summed E-state index contributed by atoms with van der Waals surface area (Å²) in [6.07, 6.45) is 7.77. The van der Waals surface area contributed by atoms with Crippen molar-refractivity contribution in [2.75, 3.05) is 13.3 Å². The average molecular weight is 426 g/mol. The van der Waals surface area contributed by atoms with E-state index >= 15 is 0 Å². The molecule has 1 atom stereocenters. The first-order chi connectivity index (χ1) is 15.7. The van der Waals surface area contributed by atoms with Crippen LogP contribution in [0.25, 0.3) is 17.0 Å². The summed E-state index contributed by atoms with van der Waals surface area (Å²) in [7, 11) is 1.91. The standard InChI is InChI=1S/C25H22N4O3/c1-28-13-17(26-14-28)7-9-23(30)29-11-10-19-18-4-2-3-5-20(18)27-24(19)25(29)16-6-8-21-22(12-16)32-15-31-21/h2-9,12-14,25,27H,10-11,15H2,1H3/t25-/m1/s1. The number of para-hydroxylation sites is 1. The number of hydrogen-bond acceptors (Lipinski definition) is 4. The third-order valence-corrected chi connectivity index (χ3v) is 6.15. The van der Waals surface area contributed by atoms with Crippen molar-refractivity contribution in [3.05, 3.63) is 83.6 Å². The molecule has 0 radical (unpaired) electrons. The molecule has 32 heavy (non-hydrogen) atoms. The molecular formula is C25H22N4O3. The lowest BCUT2D eigenvalue weighted by Crippen LogP contribution is -2.39. The fraction of sp³-hybridized carbons (Fsp3) is 0.200. The van der Waals surface area contributed by atoms with Gasteiger partial charge in [0.15, 0.2) is 11.5 Å². The van der Waals surface area contributed by atoms with Crippen molar-refractivity contribution in [3.63, 3.8) is 0 Å². The molecule has 6 rings (SSSR count). The molecule has 0 bridgehead atoms. The Morgan fingerprint density at radius 3 is 2.94 bits per heavy atom. The first kappa shape index (κ1) is 18.7. The third kappa shape index (κ3) is 3.05. The van der Waals surface area contributed by atoms with Gasteiger partial charge in [0.2, 0.25) is 12.7 Å². The molecule has 2 aromatic heterocycles. The molecule has 2 aliphatic rings. The maximum absolute atomic E-state index is 13.4. The number of carbonyl (C=O) groups is 1. The van der Waals surface area contributed by atoms with Crippen molar-refractivity contribution in [3.8, 4) is 11.5 Å². The highest BCUT2D eigenvalue weighted by Gasteiger charge is 2.34. The molecule has 0 unspecified atom stereocenters. The summed E-state index contributed by atoms with van der Waals surface area (Å²) in [5, 5.41) is 1.21. The van der Waals surface area contributed by atoms with Crippen LogP contribution >= 0.6 is 0 Å². The van der Waals surface area contributed by atoms with Crippen molar-refractivity contribution < 1.29 is 14.3 Å². The van der Waals surface area contributed by atoms with Gasteiger partial charge in [0.05, 0.1) is 18.1 Å². The van der Waals surface area contributed by atoms with Gasteiger partial charge in [-0.2, -0.15) is 0 Å². The van der Waals surface area contributed by atoms with Gasteiger partial charge in [-0.05, 0) is 41.8 Å². The Hall–Kier alpha value is -4.00. The van der Waals surface area contributed by atoms with Gasteiger partial charge >= 0.3 is 0 Å². The number of ether oxygens (including phenoxy) is 2. The van der Waals surface area contributed by atoms with Crippen molar-refractivity contribution >= 4 is 22.9 Å². The second kappa shape index (κ2) is 7.30. The summed E-state index contributed by atoms with van der Waals surface area (Å²) >= 11 is 0. The SMILES string of the molecule is Cn1cnc(C=CC(=O)N2CCc3c([nH]c4ccccc34)[C@H]2c2ccc3c(c2)OCO3)c1. The van der Waals surface area contributed by atoms with E-state index in [1.54, 1.807) is 18.5 Å². The smallest absolute Gasteiger partial charge is 0.247 e. The molecule has 4 heterocycles. The van der Waals surface area contributed by atoms with Gasteiger partial charge in [0, 0.05) is 42.5 Å². The first-order valence-corrected chi connectivity index (χ1v) is 10.6. The normalized spacial score (nSPS) is 17.3. The minimum Gasteiger partial charge on any atom is -0.454 e. The fourth-order valence-electron chi connectivity index (χ4n) is 4.68. The lowest BCUT2D eigenvalue weighted by Gasteiger charge is -2.35. The van der Waals surface area contributed by atoms with Gasteiger partial charge in [-0.3, -0.25) is 4.79 Å². The topological polar surface area (TPSA) is 72.4 Å². The summed E-state index contributed by atoms with van der Waals surface area (Å²) < 4.78 is 13.0. The van der Waals surface area contributed by atoms with Crippen LogP contribution in [0.1, 0.15) is 28.6 Å². The van der Waals surface area contributed by atoms with Crippen molar-refractivity contribution in [1.29, 1.82) is 0 Å². The van der Waals surface area contributed by atoms with Crippen molar-refractivity contribution in [2.45, 2.75) is 12.5 Å². The zero-order valence-corrected chi connectivity index (χ0v) is 17.6. The van der Waals surface area contributed by atoms with E-state index in [1.807, 2.05) is 47.0 Å². The Kier molecular flexibility index (Phi) is 4.28. The molecule has 0 saturated carbocycles. The summed E-state index contributed by atoms with van der Waals surface area (Å²) in [5.41, 5.74) is 5.14. The highest BCUT2D eigenvalue weighted by atomic mass is 16.7. The zero-order chi connectivity index (χ0) is 21.7. The van der Waals surface area contributed by atoms with E-state index in [0.717, 1.165) is 34.6 Å². The average Bonchev–Trinajstić information content (AvgIpc) is 3.54. The number of imidazole rings is 1. The molecule has 7 heteroatoms. The van der Waals surface area contributed by atoms with Crippen LogP contribution in [0.3, 0.4) is 0 Å². The number of nitrogens with one attached hydrogen (secondary N) is 1. The maximum Gasteiger partial charge on any atom is 0.247 e. The number of amides is 1. The monoisotopic (exact) mass is 426 g/mol. The van der Waals surface area contributed by atoms with Crippen LogP contribution in [0.5, 0.6) is 11.5 Å². The van der Waals surface area contributed by atoms with Crippen molar-refractivity contribution in [1.82, 2.24) is 19.4 Å². The van der Waals surface area contributed by atoms with E-state index in [0.29, 0.717) is 12.3 Å². The fourth-order valence-corrected chi connectivity index (χ4v) is 4.68. The molecule has 0 aliphatic carbocycles. The Balaban J connectivity index is 1.43. The van der Waals surface area contributed by atoms with E-state index in [-0.39, 0.29) is 18.7 Å². The van der Waals surface area contributed by atoms with E-state index in [4.69, 9.17) is 9.47 Å². The minimum absolute atomic E-state index is 0.0531. The van der Waals surface area contributed by atoms with Gasteiger partial charge in [-0.15, -0.1) is 0 Å². The third-order valence-electron chi connectivity index (χ3n) is 6.15. The summed E-state index contributed by atoms with van der Waals surface area (Å²) in [6.45, 7) is 0.843. The predicted octanol–water partition coefficient (Wildman–Crippen LogP) is 3.82. The van der Waals surface area contributed by atoms with E-state index in [2.05, 4.69) is 28.2 Å². The van der Waals surface area contributed by atoms with Gasteiger partial charge in [0.1, 0.15) is 0 Å². The van der Waals surface area contributed by atoms with Crippen LogP contribution in [-0.2, 0) is 18.3 Å². The molecule has 0 saturated heterocycles.